The minimum absolute atomic E-state index is 0.171. The molecule has 0 heterocycles. The highest BCUT2D eigenvalue weighted by atomic mass is 16.7. The molecular weight excluding hydrogens is 468 g/mol. The summed E-state index contributed by atoms with van der Waals surface area (Å²) in [4.78, 5) is 30.9. The van der Waals surface area contributed by atoms with E-state index in [0.717, 1.165) is 16.7 Å². The van der Waals surface area contributed by atoms with Gasteiger partial charge in [0.25, 0.3) is 0 Å². The second-order valence-electron chi connectivity index (χ2n) is 9.42. The van der Waals surface area contributed by atoms with E-state index in [1.165, 1.54) is 0 Å². The zero-order valence-corrected chi connectivity index (χ0v) is 21.5. The van der Waals surface area contributed by atoms with Gasteiger partial charge in [0.2, 0.25) is 0 Å². The van der Waals surface area contributed by atoms with Crippen molar-refractivity contribution in [2.75, 3.05) is 13.2 Å². The normalized spacial score (nSPS) is 12.8. The lowest BCUT2D eigenvalue weighted by Gasteiger charge is -2.34. The number of aliphatic hydroxyl groups excluding tert-OH is 1. The van der Waals surface area contributed by atoms with Crippen molar-refractivity contribution in [2.45, 2.75) is 45.5 Å². The molecule has 3 aromatic rings. The molecule has 0 saturated heterocycles. The topological polar surface area (TPSA) is 88.1 Å². The molecule has 3 aromatic carbocycles. The molecule has 0 radical (unpaired) electrons. The number of rotatable bonds is 13. The number of aliphatic hydroxyl groups is 1. The third-order valence-corrected chi connectivity index (χ3v) is 5.81. The van der Waals surface area contributed by atoms with Crippen LogP contribution in [0, 0.1) is 5.92 Å². The molecule has 0 spiro atoms. The van der Waals surface area contributed by atoms with Crippen LogP contribution < -0.4 is 5.48 Å². The van der Waals surface area contributed by atoms with Crippen LogP contribution in [0.15, 0.2) is 91.0 Å². The molecular formula is C30H36N2O5. The maximum Gasteiger partial charge on any atom is 0.436 e. The predicted octanol–water partition coefficient (Wildman–Crippen LogP) is 4.43. The summed E-state index contributed by atoms with van der Waals surface area (Å²) in [5.74, 6) is -2.03. The molecule has 0 aliphatic rings. The van der Waals surface area contributed by atoms with Crippen molar-refractivity contribution in [3.05, 3.63) is 108 Å². The summed E-state index contributed by atoms with van der Waals surface area (Å²) in [5.41, 5.74) is 5.79. The number of nitrogens with one attached hydrogen (secondary N) is 1. The fourth-order valence-corrected chi connectivity index (χ4v) is 3.96. The molecule has 7 nitrogen and oxygen atoms in total. The van der Waals surface area contributed by atoms with E-state index >= 15 is 0 Å². The van der Waals surface area contributed by atoms with Crippen molar-refractivity contribution in [3.8, 4) is 0 Å². The van der Waals surface area contributed by atoms with Gasteiger partial charge in [-0.3, -0.25) is 4.90 Å². The number of carbonyl (C=O) groups is 2. The molecule has 2 unspecified atom stereocenters. The van der Waals surface area contributed by atoms with Crippen molar-refractivity contribution in [1.29, 1.82) is 0 Å². The van der Waals surface area contributed by atoms with Gasteiger partial charge in [0, 0.05) is 25.7 Å². The van der Waals surface area contributed by atoms with Crippen molar-refractivity contribution in [2.24, 2.45) is 5.92 Å². The van der Waals surface area contributed by atoms with Gasteiger partial charge in [0.1, 0.15) is 6.61 Å². The zero-order chi connectivity index (χ0) is 26.5. The Hall–Kier alpha value is -3.52. The Bertz CT molecular complexity index is 1040. The van der Waals surface area contributed by atoms with E-state index in [2.05, 4.69) is 34.6 Å². The molecule has 0 amide bonds. The quantitative estimate of drug-likeness (QED) is 0.202. The van der Waals surface area contributed by atoms with E-state index in [4.69, 9.17) is 9.57 Å². The van der Waals surface area contributed by atoms with E-state index in [0.29, 0.717) is 26.1 Å². The fourth-order valence-electron chi connectivity index (χ4n) is 3.96. The van der Waals surface area contributed by atoms with Crippen LogP contribution in [0.3, 0.4) is 0 Å². The smallest absolute Gasteiger partial charge is 0.436 e. The van der Waals surface area contributed by atoms with Gasteiger partial charge in [-0.15, -0.1) is 0 Å². The minimum atomic E-state index is -1.14. The van der Waals surface area contributed by atoms with E-state index in [1.54, 1.807) is 0 Å². The van der Waals surface area contributed by atoms with Gasteiger partial charge < -0.3 is 14.7 Å². The van der Waals surface area contributed by atoms with Crippen LogP contribution in [0.2, 0.25) is 0 Å². The first kappa shape index (κ1) is 28.1. The summed E-state index contributed by atoms with van der Waals surface area (Å²) in [5, 5.41) is 10.9. The molecule has 0 fully saturated rings. The number of hydrogen-bond donors (Lipinski definition) is 2. The SMILES string of the molecule is CC(C)CNOC(=O)C(=O)OCC(O)CC(c1ccccc1)N(Cc1ccccc1)Cc1ccccc1. The standard InChI is InChI=1S/C30H36N2O5/c1-23(2)19-31-37-30(35)29(34)36-22-27(33)18-28(26-16-10-5-11-17-26)32(20-24-12-6-3-7-13-24)21-25-14-8-4-9-15-25/h3-17,23,27-28,31,33H,18-22H2,1-2H3. The first-order valence-electron chi connectivity index (χ1n) is 12.6. The van der Waals surface area contributed by atoms with Gasteiger partial charge >= 0.3 is 11.9 Å². The summed E-state index contributed by atoms with van der Waals surface area (Å²) < 4.78 is 5.05. The lowest BCUT2D eigenvalue weighted by Crippen LogP contribution is -2.34. The molecule has 0 aliphatic carbocycles. The highest BCUT2D eigenvalue weighted by Gasteiger charge is 2.26. The van der Waals surface area contributed by atoms with Crippen LogP contribution in [0.1, 0.15) is 43.0 Å². The van der Waals surface area contributed by atoms with Gasteiger partial charge in [-0.2, -0.15) is 5.48 Å². The Morgan fingerprint density at radius 1 is 0.811 bits per heavy atom. The number of ether oxygens (including phenoxy) is 1. The third kappa shape index (κ3) is 9.80. The molecule has 0 aliphatic heterocycles. The maximum absolute atomic E-state index is 12.0. The third-order valence-electron chi connectivity index (χ3n) is 5.81. The van der Waals surface area contributed by atoms with Gasteiger partial charge in [0.15, 0.2) is 0 Å². The number of hydroxylamine groups is 1. The second kappa shape index (κ2) is 14.9. The number of nitrogens with zero attached hydrogens (tertiary/aromatic N) is 1. The van der Waals surface area contributed by atoms with E-state index < -0.39 is 18.0 Å². The molecule has 0 saturated carbocycles. The molecule has 3 rings (SSSR count). The molecule has 196 valence electrons. The van der Waals surface area contributed by atoms with Crippen molar-refractivity contribution in [1.82, 2.24) is 10.4 Å². The van der Waals surface area contributed by atoms with Crippen LogP contribution in [0.5, 0.6) is 0 Å². The van der Waals surface area contributed by atoms with Crippen LogP contribution in [0.25, 0.3) is 0 Å². The van der Waals surface area contributed by atoms with Gasteiger partial charge in [-0.25, -0.2) is 9.59 Å². The molecule has 7 heteroatoms. The number of carbonyl (C=O) groups excluding carboxylic acids is 2. The van der Waals surface area contributed by atoms with Crippen molar-refractivity contribution < 1.29 is 24.3 Å². The molecule has 0 bridgehead atoms. The Labute approximate surface area is 219 Å². The van der Waals surface area contributed by atoms with Gasteiger partial charge in [0.05, 0.1) is 6.10 Å². The van der Waals surface area contributed by atoms with E-state index in [1.807, 2.05) is 80.6 Å². The molecule has 37 heavy (non-hydrogen) atoms. The van der Waals surface area contributed by atoms with Crippen LogP contribution in [-0.4, -0.2) is 41.2 Å². The maximum atomic E-state index is 12.0. The van der Waals surface area contributed by atoms with Crippen LogP contribution >= 0.6 is 0 Å². The zero-order valence-electron chi connectivity index (χ0n) is 21.5. The van der Waals surface area contributed by atoms with Gasteiger partial charge in [-0.05, 0) is 29.0 Å². The second-order valence-corrected chi connectivity index (χ2v) is 9.42. The Morgan fingerprint density at radius 2 is 1.32 bits per heavy atom. The van der Waals surface area contributed by atoms with Crippen LogP contribution in [-0.2, 0) is 32.3 Å². The molecule has 2 atom stereocenters. The number of benzene rings is 3. The summed E-state index contributed by atoms with van der Waals surface area (Å²) in [6.45, 7) is 5.31. The Balaban J connectivity index is 1.72. The van der Waals surface area contributed by atoms with Crippen molar-refractivity contribution >= 4 is 11.9 Å². The lowest BCUT2D eigenvalue weighted by molar-refractivity contribution is -0.174. The Morgan fingerprint density at radius 3 is 1.84 bits per heavy atom. The summed E-state index contributed by atoms with van der Waals surface area (Å²) in [7, 11) is 0. The van der Waals surface area contributed by atoms with Gasteiger partial charge in [-0.1, -0.05) is 105 Å². The average molecular weight is 505 g/mol. The summed E-state index contributed by atoms with van der Waals surface area (Å²) >= 11 is 0. The first-order chi connectivity index (χ1) is 17.9. The lowest BCUT2D eigenvalue weighted by atomic mass is 9.97. The van der Waals surface area contributed by atoms with E-state index in [9.17, 15) is 14.7 Å². The summed E-state index contributed by atoms with van der Waals surface area (Å²) in [6.07, 6.45) is -0.683. The highest BCUT2D eigenvalue weighted by molar-refractivity contribution is 6.29. The minimum Gasteiger partial charge on any atom is -0.454 e. The fraction of sp³-hybridized carbons (Fsp3) is 0.333. The first-order valence-corrected chi connectivity index (χ1v) is 12.6. The van der Waals surface area contributed by atoms with Crippen molar-refractivity contribution in [3.63, 3.8) is 0 Å². The predicted molar refractivity (Wildman–Crippen MR) is 142 cm³/mol. The monoisotopic (exact) mass is 504 g/mol. The summed E-state index contributed by atoms with van der Waals surface area (Å²) in [6, 6.07) is 30.1. The number of hydrogen-bond acceptors (Lipinski definition) is 7. The molecule has 2 N–H and O–H groups in total. The highest BCUT2D eigenvalue weighted by Crippen LogP contribution is 2.29. The Kier molecular flexibility index (Phi) is 11.3. The van der Waals surface area contributed by atoms with Crippen LogP contribution in [0.4, 0.5) is 0 Å². The average Bonchev–Trinajstić information content (AvgIpc) is 2.91. The number of esters is 1. The molecule has 0 aromatic heterocycles. The largest absolute Gasteiger partial charge is 0.454 e. The van der Waals surface area contributed by atoms with E-state index in [-0.39, 0.29) is 18.6 Å².